The van der Waals surface area contributed by atoms with Crippen LogP contribution in [-0.2, 0) is 0 Å². The number of imidazole rings is 1. The molecule has 1 aliphatic rings. The van der Waals surface area contributed by atoms with Crippen molar-refractivity contribution in [3.63, 3.8) is 0 Å². The van der Waals surface area contributed by atoms with Crippen molar-refractivity contribution in [1.82, 2.24) is 25.3 Å². The SMILES string of the molecule is Cc1cc(-c2ncc(C)[nH]2)nc(C2CCCNC2)n1. The average molecular weight is 257 g/mol. The quantitative estimate of drug-likeness (QED) is 0.863. The Kier molecular flexibility index (Phi) is 3.29. The molecule has 0 radical (unpaired) electrons. The van der Waals surface area contributed by atoms with Gasteiger partial charge in [-0.1, -0.05) is 0 Å². The smallest absolute Gasteiger partial charge is 0.156 e. The van der Waals surface area contributed by atoms with Gasteiger partial charge in [-0.25, -0.2) is 15.0 Å². The van der Waals surface area contributed by atoms with E-state index in [1.165, 1.54) is 6.42 Å². The van der Waals surface area contributed by atoms with Gasteiger partial charge >= 0.3 is 0 Å². The molecule has 2 N–H and O–H groups in total. The fourth-order valence-electron chi connectivity index (χ4n) is 2.51. The number of hydrogen-bond acceptors (Lipinski definition) is 4. The highest BCUT2D eigenvalue weighted by atomic mass is 15.0. The van der Waals surface area contributed by atoms with Gasteiger partial charge in [-0.3, -0.25) is 0 Å². The molecule has 0 aliphatic carbocycles. The van der Waals surface area contributed by atoms with Crippen LogP contribution in [0, 0.1) is 13.8 Å². The summed E-state index contributed by atoms with van der Waals surface area (Å²) in [7, 11) is 0. The van der Waals surface area contributed by atoms with Crippen molar-refractivity contribution in [2.24, 2.45) is 0 Å². The van der Waals surface area contributed by atoms with Crippen molar-refractivity contribution in [2.75, 3.05) is 13.1 Å². The van der Waals surface area contributed by atoms with Crippen LogP contribution in [0.15, 0.2) is 12.3 Å². The van der Waals surface area contributed by atoms with Crippen molar-refractivity contribution >= 4 is 0 Å². The van der Waals surface area contributed by atoms with Crippen molar-refractivity contribution < 1.29 is 0 Å². The van der Waals surface area contributed by atoms with Gasteiger partial charge in [0, 0.05) is 30.0 Å². The average Bonchev–Trinajstić information content (AvgIpc) is 2.86. The molecule has 0 aromatic carbocycles. The Labute approximate surface area is 112 Å². The summed E-state index contributed by atoms with van der Waals surface area (Å²) >= 11 is 0. The molecule has 5 heteroatoms. The molecule has 0 saturated carbocycles. The van der Waals surface area contributed by atoms with E-state index in [1.54, 1.807) is 0 Å². The minimum Gasteiger partial charge on any atom is -0.341 e. The normalized spacial score (nSPS) is 19.6. The monoisotopic (exact) mass is 257 g/mol. The summed E-state index contributed by atoms with van der Waals surface area (Å²) < 4.78 is 0. The van der Waals surface area contributed by atoms with Crippen LogP contribution in [0.4, 0.5) is 0 Å². The fraction of sp³-hybridized carbons (Fsp3) is 0.500. The zero-order valence-electron chi connectivity index (χ0n) is 11.4. The van der Waals surface area contributed by atoms with E-state index in [9.17, 15) is 0 Å². The Balaban J connectivity index is 1.95. The molecule has 2 aromatic rings. The summed E-state index contributed by atoms with van der Waals surface area (Å²) in [6.45, 7) is 6.09. The van der Waals surface area contributed by atoms with Crippen LogP contribution in [0.2, 0.25) is 0 Å². The van der Waals surface area contributed by atoms with E-state index in [1.807, 2.05) is 26.1 Å². The molecule has 3 heterocycles. The molecule has 1 atom stereocenters. The molecule has 1 unspecified atom stereocenters. The Morgan fingerprint density at radius 1 is 1.26 bits per heavy atom. The third kappa shape index (κ3) is 2.66. The third-order valence-corrected chi connectivity index (χ3v) is 3.48. The molecular formula is C14H19N5. The van der Waals surface area contributed by atoms with E-state index in [0.717, 1.165) is 48.2 Å². The number of nitrogens with zero attached hydrogens (tertiary/aromatic N) is 3. The molecule has 1 saturated heterocycles. The Hall–Kier alpha value is -1.75. The molecule has 100 valence electrons. The molecule has 3 rings (SSSR count). The Morgan fingerprint density at radius 3 is 2.84 bits per heavy atom. The first-order chi connectivity index (χ1) is 9.22. The first-order valence-corrected chi connectivity index (χ1v) is 6.80. The highest BCUT2D eigenvalue weighted by Gasteiger charge is 2.19. The number of aryl methyl sites for hydroxylation is 2. The zero-order valence-corrected chi connectivity index (χ0v) is 11.4. The highest BCUT2D eigenvalue weighted by molar-refractivity contribution is 5.50. The number of piperidine rings is 1. The van der Waals surface area contributed by atoms with E-state index >= 15 is 0 Å². The summed E-state index contributed by atoms with van der Waals surface area (Å²) in [5, 5.41) is 3.41. The predicted octanol–water partition coefficient (Wildman–Crippen LogP) is 1.95. The van der Waals surface area contributed by atoms with Gasteiger partial charge < -0.3 is 10.3 Å². The summed E-state index contributed by atoms with van der Waals surface area (Å²) in [5.74, 6) is 2.19. The maximum atomic E-state index is 4.70. The minimum absolute atomic E-state index is 0.420. The van der Waals surface area contributed by atoms with Crippen LogP contribution in [0.1, 0.15) is 36.0 Å². The van der Waals surface area contributed by atoms with Crippen LogP contribution in [0.25, 0.3) is 11.5 Å². The lowest BCUT2D eigenvalue weighted by molar-refractivity contribution is 0.446. The van der Waals surface area contributed by atoms with Crippen LogP contribution >= 0.6 is 0 Å². The summed E-state index contributed by atoms with van der Waals surface area (Å²) in [6.07, 6.45) is 4.18. The van der Waals surface area contributed by atoms with Gasteiger partial charge in [-0.2, -0.15) is 0 Å². The van der Waals surface area contributed by atoms with E-state index < -0.39 is 0 Å². The van der Waals surface area contributed by atoms with Gasteiger partial charge in [0.05, 0.1) is 0 Å². The van der Waals surface area contributed by atoms with Crippen LogP contribution in [-0.4, -0.2) is 33.0 Å². The standard InChI is InChI=1S/C14H19N5/c1-9-6-12(14-16-7-10(2)18-14)19-13(17-9)11-4-3-5-15-8-11/h6-7,11,15H,3-5,8H2,1-2H3,(H,16,18). The predicted molar refractivity (Wildman–Crippen MR) is 73.9 cm³/mol. The lowest BCUT2D eigenvalue weighted by Crippen LogP contribution is -2.29. The van der Waals surface area contributed by atoms with Crippen LogP contribution < -0.4 is 5.32 Å². The molecule has 19 heavy (non-hydrogen) atoms. The van der Waals surface area contributed by atoms with Crippen LogP contribution in [0.3, 0.4) is 0 Å². The first-order valence-electron chi connectivity index (χ1n) is 6.80. The van der Waals surface area contributed by atoms with E-state index in [2.05, 4.69) is 20.3 Å². The number of aromatic amines is 1. The second-order valence-electron chi connectivity index (χ2n) is 5.21. The maximum Gasteiger partial charge on any atom is 0.156 e. The van der Waals surface area contributed by atoms with Crippen molar-refractivity contribution in [3.8, 4) is 11.5 Å². The molecule has 0 spiro atoms. The summed E-state index contributed by atoms with van der Waals surface area (Å²) in [6, 6.07) is 1.98. The van der Waals surface area contributed by atoms with E-state index in [0.29, 0.717) is 5.92 Å². The van der Waals surface area contributed by atoms with Crippen molar-refractivity contribution in [1.29, 1.82) is 0 Å². The second-order valence-corrected chi connectivity index (χ2v) is 5.21. The highest BCUT2D eigenvalue weighted by Crippen LogP contribution is 2.23. The van der Waals surface area contributed by atoms with Crippen LogP contribution in [0.5, 0.6) is 0 Å². The number of aromatic nitrogens is 4. The van der Waals surface area contributed by atoms with Gasteiger partial charge in [0.2, 0.25) is 0 Å². The first kappa shape index (κ1) is 12.3. The van der Waals surface area contributed by atoms with Gasteiger partial charge in [0.1, 0.15) is 11.5 Å². The van der Waals surface area contributed by atoms with Crippen molar-refractivity contribution in [2.45, 2.75) is 32.6 Å². The summed E-state index contributed by atoms with van der Waals surface area (Å²) in [5.41, 5.74) is 2.94. The molecule has 2 aromatic heterocycles. The maximum absolute atomic E-state index is 4.70. The molecule has 0 bridgehead atoms. The van der Waals surface area contributed by atoms with Gasteiger partial charge in [0.25, 0.3) is 0 Å². The van der Waals surface area contributed by atoms with Crippen molar-refractivity contribution in [3.05, 3.63) is 29.5 Å². The lowest BCUT2D eigenvalue weighted by atomic mass is 9.98. The largest absolute Gasteiger partial charge is 0.341 e. The second kappa shape index (κ2) is 5.09. The van der Waals surface area contributed by atoms with Gasteiger partial charge in [-0.15, -0.1) is 0 Å². The Bertz CT molecular complexity index is 569. The molecule has 5 nitrogen and oxygen atoms in total. The molecule has 0 amide bonds. The zero-order chi connectivity index (χ0) is 13.2. The minimum atomic E-state index is 0.420. The van der Waals surface area contributed by atoms with E-state index in [-0.39, 0.29) is 0 Å². The number of hydrogen-bond donors (Lipinski definition) is 2. The number of nitrogens with one attached hydrogen (secondary N) is 2. The lowest BCUT2D eigenvalue weighted by Gasteiger charge is -2.21. The third-order valence-electron chi connectivity index (χ3n) is 3.48. The van der Waals surface area contributed by atoms with Gasteiger partial charge in [-0.05, 0) is 39.3 Å². The molecule has 1 aliphatic heterocycles. The Morgan fingerprint density at radius 2 is 2.16 bits per heavy atom. The summed E-state index contributed by atoms with van der Waals surface area (Å²) in [4.78, 5) is 16.9. The topological polar surface area (TPSA) is 66.5 Å². The number of rotatable bonds is 2. The molecular weight excluding hydrogens is 238 g/mol. The molecule has 1 fully saturated rings. The van der Waals surface area contributed by atoms with Gasteiger partial charge in [0.15, 0.2) is 5.82 Å². The number of H-pyrrole nitrogens is 1. The van der Waals surface area contributed by atoms with E-state index in [4.69, 9.17) is 4.98 Å². The fourth-order valence-corrected chi connectivity index (χ4v) is 2.51.